The Morgan fingerprint density at radius 1 is 1.00 bits per heavy atom. The summed E-state index contributed by atoms with van der Waals surface area (Å²) in [5.74, 6) is -0.412. The largest absolute Gasteiger partial charge is 0.465 e. The van der Waals surface area contributed by atoms with E-state index in [2.05, 4.69) is 34.3 Å². The molecule has 2 fully saturated rings. The zero-order valence-corrected chi connectivity index (χ0v) is 18.2. The molecule has 1 N–H and O–H groups in total. The fraction of sp³-hybridized carbons (Fsp3) is 0.417. The van der Waals surface area contributed by atoms with Crippen LogP contribution in [-0.2, 0) is 4.74 Å². The highest BCUT2D eigenvalue weighted by Gasteiger charge is 2.31. The van der Waals surface area contributed by atoms with E-state index in [-0.39, 0.29) is 12.1 Å². The lowest BCUT2D eigenvalue weighted by Crippen LogP contribution is -2.50. The van der Waals surface area contributed by atoms with Crippen molar-refractivity contribution in [2.45, 2.75) is 18.9 Å². The van der Waals surface area contributed by atoms with Crippen LogP contribution in [0.15, 0.2) is 48.5 Å². The normalized spacial score (nSPS) is 19.4. The summed E-state index contributed by atoms with van der Waals surface area (Å²) in [7, 11) is 3.44. The van der Waals surface area contributed by atoms with E-state index in [0.29, 0.717) is 17.8 Å². The molecule has 0 aromatic heterocycles. The smallest absolute Gasteiger partial charge is 0.337 e. The predicted octanol–water partition coefficient (Wildman–Crippen LogP) is 3.59. The lowest BCUT2D eigenvalue weighted by atomic mass is 10.0. The van der Waals surface area contributed by atoms with Crippen molar-refractivity contribution in [1.82, 2.24) is 9.80 Å². The Labute approximate surface area is 183 Å². The minimum absolute atomic E-state index is 0.0287. The predicted molar refractivity (Wildman–Crippen MR) is 122 cm³/mol. The van der Waals surface area contributed by atoms with Gasteiger partial charge in [0.1, 0.15) is 0 Å². The maximum Gasteiger partial charge on any atom is 0.337 e. The van der Waals surface area contributed by atoms with Crippen molar-refractivity contribution >= 4 is 23.4 Å². The molecule has 0 bridgehead atoms. The number of rotatable bonds is 4. The summed E-state index contributed by atoms with van der Waals surface area (Å²) in [6.07, 6.45) is 2.25. The molecule has 0 unspecified atom stereocenters. The third kappa shape index (κ3) is 4.66. The van der Waals surface area contributed by atoms with Gasteiger partial charge in [-0.05, 0) is 43.7 Å². The maximum absolute atomic E-state index is 13.4. The Morgan fingerprint density at radius 3 is 2.45 bits per heavy atom. The van der Waals surface area contributed by atoms with Gasteiger partial charge in [-0.1, -0.05) is 30.3 Å². The number of piperazine rings is 1. The number of hydrogen-bond donors (Lipinski definition) is 1. The van der Waals surface area contributed by atoms with Gasteiger partial charge >= 0.3 is 12.0 Å². The van der Waals surface area contributed by atoms with Gasteiger partial charge in [-0.25, -0.2) is 9.59 Å². The minimum Gasteiger partial charge on any atom is -0.465 e. The van der Waals surface area contributed by atoms with E-state index in [1.807, 2.05) is 29.2 Å². The van der Waals surface area contributed by atoms with Crippen LogP contribution >= 0.6 is 0 Å². The average Bonchev–Trinajstić information content (AvgIpc) is 3.33. The summed E-state index contributed by atoms with van der Waals surface area (Å²) in [6.45, 7) is 4.12. The molecule has 2 saturated heterocycles. The zero-order valence-electron chi connectivity index (χ0n) is 18.2. The molecular formula is C24H30N4O3. The molecule has 2 aromatic rings. The number of anilines is 2. The van der Waals surface area contributed by atoms with E-state index in [0.717, 1.165) is 50.3 Å². The first-order chi connectivity index (χ1) is 15.1. The van der Waals surface area contributed by atoms with Crippen LogP contribution in [-0.4, -0.2) is 68.7 Å². The van der Waals surface area contributed by atoms with Gasteiger partial charge in [-0.15, -0.1) is 0 Å². The van der Waals surface area contributed by atoms with Gasteiger partial charge in [-0.3, -0.25) is 0 Å². The minimum atomic E-state index is -0.412. The van der Waals surface area contributed by atoms with Crippen LogP contribution in [0.4, 0.5) is 16.2 Å². The molecule has 0 radical (unpaired) electrons. The van der Waals surface area contributed by atoms with Crippen molar-refractivity contribution in [2.75, 3.05) is 57.1 Å². The lowest BCUT2D eigenvalue weighted by molar-refractivity contribution is 0.0600. The first-order valence-corrected chi connectivity index (χ1v) is 10.9. The maximum atomic E-state index is 13.4. The van der Waals surface area contributed by atoms with Crippen molar-refractivity contribution < 1.29 is 14.3 Å². The van der Waals surface area contributed by atoms with Crippen LogP contribution in [0.1, 0.15) is 34.8 Å². The number of esters is 1. The molecule has 2 aromatic carbocycles. The Morgan fingerprint density at radius 2 is 1.74 bits per heavy atom. The molecule has 7 heteroatoms. The Bertz CT molecular complexity index is 928. The molecule has 0 saturated carbocycles. The van der Waals surface area contributed by atoms with Gasteiger partial charge < -0.3 is 24.8 Å². The number of carbonyl (C=O) groups excluding carboxylic acids is 2. The zero-order chi connectivity index (χ0) is 21.8. The standard InChI is InChI=1S/C24H30N4O3/c1-26-14-15-28(22(17-26)18-8-4-3-5-9-18)24(30)25-20-16-19(23(29)31-2)10-11-21(20)27-12-6-7-13-27/h3-5,8-11,16,22H,6-7,12-15,17H2,1-2H3,(H,25,30)/t22-/m1/s1. The summed E-state index contributed by atoms with van der Waals surface area (Å²) in [5.41, 5.74) is 3.15. The van der Waals surface area contributed by atoms with Gasteiger partial charge in [0.05, 0.1) is 30.1 Å². The van der Waals surface area contributed by atoms with Crippen molar-refractivity contribution in [1.29, 1.82) is 0 Å². The average molecular weight is 423 g/mol. The van der Waals surface area contributed by atoms with Crippen molar-refractivity contribution in [3.63, 3.8) is 0 Å². The van der Waals surface area contributed by atoms with Gasteiger partial charge in [0.15, 0.2) is 0 Å². The second-order valence-electron chi connectivity index (χ2n) is 8.23. The molecule has 0 spiro atoms. The van der Waals surface area contributed by atoms with Crippen molar-refractivity contribution in [3.8, 4) is 0 Å². The number of carbonyl (C=O) groups is 2. The van der Waals surface area contributed by atoms with E-state index in [9.17, 15) is 9.59 Å². The topological polar surface area (TPSA) is 65.1 Å². The fourth-order valence-electron chi connectivity index (χ4n) is 4.42. The first kappa shape index (κ1) is 21.2. The quantitative estimate of drug-likeness (QED) is 0.763. The van der Waals surface area contributed by atoms with Crippen LogP contribution in [0, 0.1) is 0 Å². The van der Waals surface area contributed by atoms with Gasteiger partial charge in [0.25, 0.3) is 0 Å². The molecule has 1 atom stereocenters. The number of hydrogen-bond acceptors (Lipinski definition) is 5. The van der Waals surface area contributed by atoms with E-state index < -0.39 is 5.97 Å². The molecule has 31 heavy (non-hydrogen) atoms. The molecule has 4 rings (SSSR count). The first-order valence-electron chi connectivity index (χ1n) is 10.9. The summed E-state index contributed by atoms with van der Waals surface area (Å²) < 4.78 is 4.88. The molecule has 2 aliphatic heterocycles. The number of nitrogens with zero attached hydrogens (tertiary/aromatic N) is 3. The van der Waals surface area contributed by atoms with Crippen molar-refractivity contribution in [3.05, 3.63) is 59.7 Å². The van der Waals surface area contributed by atoms with Crippen LogP contribution in [0.25, 0.3) is 0 Å². The lowest BCUT2D eigenvalue weighted by Gasteiger charge is -2.40. The highest BCUT2D eigenvalue weighted by atomic mass is 16.5. The van der Waals surface area contributed by atoms with E-state index >= 15 is 0 Å². The molecule has 7 nitrogen and oxygen atoms in total. The summed E-state index contributed by atoms with van der Waals surface area (Å²) >= 11 is 0. The van der Waals surface area contributed by atoms with Gasteiger partial charge in [0, 0.05) is 32.7 Å². The molecule has 164 valence electrons. The number of urea groups is 1. The van der Waals surface area contributed by atoms with Crippen LogP contribution in [0.5, 0.6) is 0 Å². The number of ether oxygens (including phenoxy) is 1. The van der Waals surface area contributed by atoms with Crippen LogP contribution < -0.4 is 10.2 Å². The van der Waals surface area contributed by atoms with Crippen LogP contribution in [0.3, 0.4) is 0 Å². The monoisotopic (exact) mass is 422 g/mol. The molecule has 2 amide bonds. The molecule has 2 heterocycles. The summed E-state index contributed by atoms with van der Waals surface area (Å²) in [5, 5.41) is 3.11. The second kappa shape index (κ2) is 9.39. The van der Waals surface area contributed by atoms with Gasteiger partial charge in [0.2, 0.25) is 0 Å². The SMILES string of the molecule is COC(=O)c1ccc(N2CCCC2)c(NC(=O)N2CCN(C)C[C@@H]2c2ccccc2)c1. The second-order valence-corrected chi connectivity index (χ2v) is 8.23. The third-order valence-electron chi connectivity index (χ3n) is 6.13. The molecule has 2 aliphatic rings. The third-order valence-corrected chi connectivity index (χ3v) is 6.13. The molecule has 0 aliphatic carbocycles. The Hall–Kier alpha value is -3.06. The highest BCUT2D eigenvalue weighted by molar-refractivity contribution is 5.97. The number of amides is 2. The number of nitrogens with one attached hydrogen (secondary N) is 1. The fourth-order valence-corrected chi connectivity index (χ4v) is 4.42. The molecular weight excluding hydrogens is 392 g/mol. The number of likely N-dealkylation sites (N-methyl/N-ethyl adjacent to an activating group) is 1. The van der Waals surface area contributed by atoms with E-state index in [1.165, 1.54) is 7.11 Å². The summed E-state index contributed by atoms with van der Waals surface area (Å²) in [6, 6.07) is 15.4. The number of methoxy groups -OCH3 is 1. The Balaban J connectivity index is 1.62. The van der Waals surface area contributed by atoms with Crippen LogP contribution in [0.2, 0.25) is 0 Å². The van der Waals surface area contributed by atoms with E-state index in [4.69, 9.17) is 4.74 Å². The van der Waals surface area contributed by atoms with Crippen molar-refractivity contribution in [2.24, 2.45) is 0 Å². The highest BCUT2D eigenvalue weighted by Crippen LogP contribution is 2.32. The van der Waals surface area contributed by atoms with Gasteiger partial charge in [-0.2, -0.15) is 0 Å². The Kier molecular flexibility index (Phi) is 6.42. The summed E-state index contributed by atoms with van der Waals surface area (Å²) in [4.78, 5) is 31.9. The van der Waals surface area contributed by atoms with E-state index in [1.54, 1.807) is 12.1 Å². The number of benzene rings is 2.